The molecular formula is C9H16O4. The third kappa shape index (κ3) is 1.84. The summed E-state index contributed by atoms with van der Waals surface area (Å²) in [6.45, 7) is 3.58. The van der Waals surface area contributed by atoms with Gasteiger partial charge in [0.15, 0.2) is 0 Å². The number of hydrogen-bond donors (Lipinski definition) is 2. The normalized spacial score (nSPS) is 34.0. The van der Waals surface area contributed by atoms with Crippen LogP contribution in [0.1, 0.15) is 20.3 Å². The van der Waals surface area contributed by atoms with Crippen molar-refractivity contribution in [2.75, 3.05) is 13.2 Å². The van der Waals surface area contributed by atoms with Gasteiger partial charge in [-0.15, -0.1) is 0 Å². The monoisotopic (exact) mass is 188 g/mol. The number of esters is 1. The van der Waals surface area contributed by atoms with Crippen LogP contribution in [0, 0.1) is 11.3 Å². The number of hydrogen-bond acceptors (Lipinski definition) is 4. The highest BCUT2D eigenvalue weighted by Gasteiger charge is 2.60. The van der Waals surface area contributed by atoms with Crippen LogP contribution in [0.15, 0.2) is 0 Å². The Hall–Kier alpha value is -0.610. The highest BCUT2D eigenvalue weighted by Crippen LogP contribution is 2.54. The summed E-state index contributed by atoms with van der Waals surface area (Å²) >= 11 is 0. The summed E-state index contributed by atoms with van der Waals surface area (Å²) in [7, 11) is 0. The van der Waals surface area contributed by atoms with Crippen LogP contribution in [0.3, 0.4) is 0 Å². The van der Waals surface area contributed by atoms with Gasteiger partial charge in [-0.1, -0.05) is 0 Å². The lowest BCUT2D eigenvalue weighted by molar-refractivity contribution is -0.150. The van der Waals surface area contributed by atoms with E-state index in [1.165, 1.54) is 0 Å². The van der Waals surface area contributed by atoms with E-state index >= 15 is 0 Å². The van der Waals surface area contributed by atoms with Crippen molar-refractivity contribution in [1.82, 2.24) is 0 Å². The van der Waals surface area contributed by atoms with E-state index in [1.54, 1.807) is 13.8 Å². The van der Waals surface area contributed by atoms with Gasteiger partial charge in [-0.2, -0.15) is 0 Å². The minimum absolute atomic E-state index is 0.142. The van der Waals surface area contributed by atoms with Crippen LogP contribution in [0.4, 0.5) is 0 Å². The predicted molar refractivity (Wildman–Crippen MR) is 45.9 cm³/mol. The van der Waals surface area contributed by atoms with E-state index in [1.807, 2.05) is 0 Å². The minimum Gasteiger partial charge on any atom is -0.466 e. The number of aliphatic hydroxyl groups is 2. The van der Waals surface area contributed by atoms with E-state index in [0.29, 0.717) is 13.0 Å². The van der Waals surface area contributed by atoms with Gasteiger partial charge in [0.2, 0.25) is 0 Å². The molecule has 4 nitrogen and oxygen atoms in total. The van der Waals surface area contributed by atoms with E-state index < -0.39 is 11.5 Å². The van der Waals surface area contributed by atoms with Gasteiger partial charge in [0, 0.05) is 5.92 Å². The molecule has 1 aliphatic rings. The van der Waals surface area contributed by atoms with E-state index in [2.05, 4.69) is 0 Å². The van der Waals surface area contributed by atoms with E-state index in [-0.39, 0.29) is 18.5 Å². The van der Waals surface area contributed by atoms with Crippen molar-refractivity contribution < 1.29 is 19.7 Å². The van der Waals surface area contributed by atoms with Gasteiger partial charge in [-0.25, -0.2) is 0 Å². The molecule has 1 rings (SSSR count). The van der Waals surface area contributed by atoms with Crippen LogP contribution < -0.4 is 0 Å². The molecule has 4 heteroatoms. The second-order valence-corrected chi connectivity index (χ2v) is 3.70. The molecule has 0 saturated heterocycles. The summed E-state index contributed by atoms with van der Waals surface area (Å²) in [5, 5.41) is 18.0. The van der Waals surface area contributed by atoms with Gasteiger partial charge in [0.05, 0.1) is 24.7 Å². The van der Waals surface area contributed by atoms with Crippen LogP contribution >= 0.6 is 0 Å². The fourth-order valence-electron chi connectivity index (χ4n) is 1.62. The highest BCUT2D eigenvalue weighted by molar-refractivity contribution is 5.80. The molecule has 76 valence electrons. The SMILES string of the molecule is CCOC(=O)[C@@]1(C)C[C@H]1[C@H](O)CO. The van der Waals surface area contributed by atoms with Crippen LogP contribution in [0.25, 0.3) is 0 Å². The summed E-state index contributed by atoms with van der Waals surface area (Å²) < 4.78 is 4.86. The van der Waals surface area contributed by atoms with Gasteiger partial charge < -0.3 is 14.9 Å². The lowest BCUT2D eigenvalue weighted by Crippen LogP contribution is -2.25. The largest absolute Gasteiger partial charge is 0.466 e. The van der Waals surface area contributed by atoms with Crippen molar-refractivity contribution >= 4 is 5.97 Å². The molecule has 0 radical (unpaired) electrons. The molecule has 2 N–H and O–H groups in total. The molecule has 0 aromatic heterocycles. The predicted octanol–water partition coefficient (Wildman–Crippen LogP) is -0.0711. The Bertz CT molecular complexity index is 204. The third-order valence-corrected chi connectivity index (χ3v) is 2.70. The first kappa shape index (κ1) is 10.5. The Morgan fingerprint density at radius 3 is 2.85 bits per heavy atom. The maximum Gasteiger partial charge on any atom is 0.312 e. The van der Waals surface area contributed by atoms with Gasteiger partial charge in [-0.05, 0) is 20.3 Å². The molecule has 0 bridgehead atoms. The molecule has 0 amide bonds. The zero-order valence-electron chi connectivity index (χ0n) is 7.99. The van der Waals surface area contributed by atoms with Gasteiger partial charge >= 0.3 is 5.97 Å². The second kappa shape index (κ2) is 3.64. The van der Waals surface area contributed by atoms with Crippen molar-refractivity contribution in [1.29, 1.82) is 0 Å². The van der Waals surface area contributed by atoms with E-state index in [0.717, 1.165) is 0 Å². The van der Waals surface area contributed by atoms with Crippen molar-refractivity contribution in [3.63, 3.8) is 0 Å². The average molecular weight is 188 g/mol. The molecule has 1 aliphatic carbocycles. The summed E-state index contributed by atoms with van der Waals surface area (Å²) in [4.78, 5) is 11.3. The summed E-state index contributed by atoms with van der Waals surface area (Å²) in [6.07, 6.45) is -0.192. The van der Waals surface area contributed by atoms with Crippen LogP contribution in [0.5, 0.6) is 0 Å². The maximum atomic E-state index is 11.3. The fraction of sp³-hybridized carbons (Fsp3) is 0.889. The summed E-state index contributed by atoms with van der Waals surface area (Å²) in [6, 6.07) is 0. The topological polar surface area (TPSA) is 66.8 Å². The molecule has 1 fully saturated rings. The quantitative estimate of drug-likeness (QED) is 0.606. The summed E-state index contributed by atoms with van der Waals surface area (Å²) in [5.74, 6) is -0.413. The van der Waals surface area contributed by atoms with Crippen molar-refractivity contribution in [3.8, 4) is 0 Å². The highest BCUT2D eigenvalue weighted by atomic mass is 16.5. The Kier molecular flexibility index (Phi) is 2.93. The van der Waals surface area contributed by atoms with E-state index in [4.69, 9.17) is 9.84 Å². The second-order valence-electron chi connectivity index (χ2n) is 3.70. The fourth-order valence-corrected chi connectivity index (χ4v) is 1.62. The third-order valence-electron chi connectivity index (χ3n) is 2.70. The first-order chi connectivity index (χ1) is 6.06. The number of rotatable bonds is 4. The molecule has 0 unspecified atom stereocenters. The molecule has 13 heavy (non-hydrogen) atoms. The Balaban J connectivity index is 2.49. The first-order valence-electron chi connectivity index (χ1n) is 4.52. The van der Waals surface area contributed by atoms with Crippen LogP contribution in [-0.4, -0.2) is 35.5 Å². The van der Waals surface area contributed by atoms with Crippen LogP contribution in [-0.2, 0) is 9.53 Å². The zero-order valence-corrected chi connectivity index (χ0v) is 7.99. The van der Waals surface area contributed by atoms with Crippen molar-refractivity contribution in [2.45, 2.75) is 26.4 Å². The maximum absolute atomic E-state index is 11.3. The Morgan fingerprint density at radius 2 is 2.38 bits per heavy atom. The molecule has 0 heterocycles. The van der Waals surface area contributed by atoms with Gasteiger partial charge in [-0.3, -0.25) is 4.79 Å². The zero-order chi connectivity index (χ0) is 10.1. The van der Waals surface area contributed by atoms with Gasteiger partial charge in [0.25, 0.3) is 0 Å². The molecule has 3 atom stereocenters. The smallest absolute Gasteiger partial charge is 0.312 e. The molecule has 0 aromatic rings. The minimum atomic E-state index is -0.797. The van der Waals surface area contributed by atoms with E-state index in [9.17, 15) is 9.90 Å². The van der Waals surface area contributed by atoms with Crippen molar-refractivity contribution in [2.24, 2.45) is 11.3 Å². The number of ether oxygens (including phenoxy) is 1. The molecule has 0 aromatic carbocycles. The number of carbonyl (C=O) groups excluding carboxylic acids is 1. The molecule has 1 saturated carbocycles. The number of aliphatic hydroxyl groups excluding tert-OH is 2. The molecule has 0 aliphatic heterocycles. The summed E-state index contributed by atoms with van der Waals surface area (Å²) in [5.41, 5.74) is -0.571. The Morgan fingerprint density at radius 1 is 1.77 bits per heavy atom. The molecule has 0 spiro atoms. The average Bonchev–Trinajstić information content (AvgIpc) is 2.79. The Labute approximate surface area is 77.5 Å². The van der Waals surface area contributed by atoms with Crippen molar-refractivity contribution in [3.05, 3.63) is 0 Å². The first-order valence-corrected chi connectivity index (χ1v) is 4.52. The lowest BCUT2D eigenvalue weighted by atomic mass is 10.0. The number of carbonyl (C=O) groups is 1. The lowest BCUT2D eigenvalue weighted by Gasteiger charge is -2.12. The van der Waals surface area contributed by atoms with Gasteiger partial charge in [0.1, 0.15) is 0 Å². The van der Waals surface area contributed by atoms with Crippen LogP contribution in [0.2, 0.25) is 0 Å². The molecular weight excluding hydrogens is 172 g/mol. The standard InChI is InChI=1S/C9H16O4/c1-3-13-8(12)9(2)4-6(9)7(11)5-10/h6-7,10-11H,3-5H2,1-2H3/t6-,7+,9-/m0/s1.